The molecule has 1 heterocycles. The lowest BCUT2D eigenvalue weighted by molar-refractivity contribution is -0.120. The van der Waals surface area contributed by atoms with Crippen LogP contribution in [0.15, 0.2) is 40.8 Å². The van der Waals surface area contributed by atoms with E-state index in [0.717, 1.165) is 4.88 Å². The molecule has 0 atom stereocenters. The lowest BCUT2D eigenvalue weighted by atomic mass is 10.1. The van der Waals surface area contributed by atoms with Gasteiger partial charge in [-0.2, -0.15) is 5.10 Å². The molecule has 2 rings (SSSR count). The number of thiophene rings is 1. The van der Waals surface area contributed by atoms with E-state index in [4.69, 9.17) is 4.74 Å². The van der Waals surface area contributed by atoms with Crippen LogP contribution in [-0.2, 0) is 11.2 Å². The minimum atomic E-state index is -0.463. The van der Waals surface area contributed by atoms with Gasteiger partial charge in [0.15, 0.2) is 11.6 Å². The van der Waals surface area contributed by atoms with Crippen LogP contribution in [0.1, 0.15) is 17.4 Å². The molecule has 4 nitrogen and oxygen atoms in total. The van der Waals surface area contributed by atoms with Crippen LogP contribution in [0.2, 0.25) is 0 Å². The molecule has 0 aliphatic carbocycles. The molecular formula is C15H15FN2O2S. The van der Waals surface area contributed by atoms with E-state index in [-0.39, 0.29) is 18.1 Å². The number of halogens is 1. The Labute approximate surface area is 126 Å². The van der Waals surface area contributed by atoms with Gasteiger partial charge in [0.25, 0.3) is 0 Å². The number of rotatable bonds is 5. The predicted molar refractivity (Wildman–Crippen MR) is 81.3 cm³/mol. The minimum absolute atomic E-state index is 0.174. The SMILES string of the molecule is COc1ccc(/C(C)=N\NC(=O)Cc2cccs2)cc1F. The number of hydrogen-bond donors (Lipinski definition) is 1. The number of benzene rings is 1. The van der Waals surface area contributed by atoms with Gasteiger partial charge < -0.3 is 4.74 Å². The first-order valence-corrected chi connectivity index (χ1v) is 7.17. The van der Waals surface area contributed by atoms with Crippen LogP contribution >= 0.6 is 11.3 Å². The molecule has 21 heavy (non-hydrogen) atoms. The maximum absolute atomic E-state index is 13.6. The fourth-order valence-corrected chi connectivity index (χ4v) is 2.42. The number of carbonyl (C=O) groups excluding carboxylic acids is 1. The molecule has 0 aliphatic heterocycles. The van der Waals surface area contributed by atoms with E-state index in [1.807, 2.05) is 17.5 Å². The van der Waals surface area contributed by atoms with E-state index in [2.05, 4.69) is 10.5 Å². The lowest BCUT2D eigenvalue weighted by Crippen LogP contribution is -2.20. The Bertz CT molecular complexity index is 654. The highest BCUT2D eigenvalue weighted by Crippen LogP contribution is 2.18. The zero-order chi connectivity index (χ0) is 15.2. The average molecular weight is 306 g/mol. The standard InChI is InChI=1S/C15H15FN2O2S/c1-10(11-5-6-14(20-2)13(16)8-11)17-18-15(19)9-12-4-3-7-21-12/h3-8H,9H2,1-2H3,(H,18,19)/b17-10-. The van der Waals surface area contributed by atoms with Crippen molar-refractivity contribution >= 4 is 23.0 Å². The number of hydrogen-bond acceptors (Lipinski definition) is 4. The summed E-state index contributed by atoms with van der Waals surface area (Å²) in [6.45, 7) is 1.70. The summed E-state index contributed by atoms with van der Waals surface area (Å²) >= 11 is 1.52. The molecule has 0 saturated carbocycles. The molecule has 0 saturated heterocycles. The second kappa shape index (κ2) is 6.99. The van der Waals surface area contributed by atoms with E-state index in [0.29, 0.717) is 11.3 Å². The summed E-state index contributed by atoms with van der Waals surface area (Å²) in [5.41, 5.74) is 3.58. The minimum Gasteiger partial charge on any atom is -0.494 e. The first kappa shape index (κ1) is 15.2. The number of nitrogens with one attached hydrogen (secondary N) is 1. The molecule has 0 aliphatic rings. The molecule has 0 fully saturated rings. The van der Waals surface area contributed by atoms with E-state index >= 15 is 0 Å². The molecular weight excluding hydrogens is 291 g/mol. The molecule has 6 heteroatoms. The zero-order valence-corrected chi connectivity index (χ0v) is 12.5. The highest BCUT2D eigenvalue weighted by Gasteiger charge is 2.07. The van der Waals surface area contributed by atoms with Gasteiger partial charge in [-0.1, -0.05) is 6.07 Å². The molecule has 110 valence electrons. The number of methoxy groups -OCH3 is 1. The van der Waals surface area contributed by atoms with E-state index in [1.165, 1.54) is 30.6 Å². The van der Waals surface area contributed by atoms with Gasteiger partial charge in [0.2, 0.25) is 5.91 Å². The Morgan fingerprint density at radius 1 is 1.43 bits per heavy atom. The highest BCUT2D eigenvalue weighted by atomic mass is 32.1. The van der Waals surface area contributed by atoms with E-state index in [1.54, 1.807) is 13.0 Å². The van der Waals surface area contributed by atoms with Crippen LogP contribution < -0.4 is 10.2 Å². The topological polar surface area (TPSA) is 50.7 Å². The average Bonchev–Trinajstić information content (AvgIpc) is 2.97. The quantitative estimate of drug-likeness (QED) is 0.682. The number of amides is 1. The second-order valence-corrected chi connectivity index (χ2v) is 5.37. The van der Waals surface area contributed by atoms with Crippen molar-refractivity contribution in [3.05, 3.63) is 52.0 Å². The van der Waals surface area contributed by atoms with Gasteiger partial charge >= 0.3 is 0 Å². The number of hydrazone groups is 1. The fourth-order valence-electron chi connectivity index (χ4n) is 1.71. The maximum Gasteiger partial charge on any atom is 0.245 e. The normalized spacial score (nSPS) is 11.3. The van der Waals surface area contributed by atoms with Crippen LogP contribution in [0.5, 0.6) is 5.75 Å². The largest absolute Gasteiger partial charge is 0.494 e. The van der Waals surface area contributed by atoms with Crippen LogP contribution in [0, 0.1) is 5.82 Å². The van der Waals surface area contributed by atoms with Gasteiger partial charge in [-0.25, -0.2) is 9.82 Å². The maximum atomic E-state index is 13.6. The van der Waals surface area contributed by atoms with Gasteiger partial charge in [0, 0.05) is 10.4 Å². The number of carbonyl (C=O) groups is 1. The highest BCUT2D eigenvalue weighted by molar-refractivity contribution is 7.10. The molecule has 0 spiro atoms. The Kier molecular flexibility index (Phi) is 5.05. The van der Waals surface area contributed by atoms with Gasteiger partial charge in [-0.3, -0.25) is 4.79 Å². The third-order valence-corrected chi connectivity index (χ3v) is 3.71. The zero-order valence-electron chi connectivity index (χ0n) is 11.7. The summed E-state index contributed by atoms with van der Waals surface area (Å²) in [6.07, 6.45) is 0.283. The van der Waals surface area contributed by atoms with Crippen molar-refractivity contribution in [3.63, 3.8) is 0 Å². The molecule has 1 aromatic heterocycles. The summed E-state index contributed by atoms with van der Waals surface area (Å²) in [6, 6.07) is 8.31. The Morgan fingerprint density at radius 3 is 2.86 bits per heavy atom. The molecule has 0 bridgehead atoms. The molecule has 0 unspecified atom stereocenters. The summed E-state index contributed by atoms with van der Waals surface area (Å²) in [4.78, 5) is 12.7. The molecule has 1 amide bonds. The predicted octanol–water partition coefficient (Wildman–Crippen LogP) is 2.98. The first-order valence-electron chi connectivity index (χ1n) is 6.29. The molecule has 1 aromatic carbocycles. The van der Waals surface area contributed by atoms with Crippen molar-refractivity contribution in [2.75, 3.05) is 7.11 Å². The first-order chi connectivity index (χ1) is 10.1. The van der Waals surface area contributed by atoms with Crippen LogP contribution in [0.3, 0.4) is 0 Å². The van der Waals surface area contributed by atoms with Crippen molar-refractivity contribution in [3.8, 4) is 5.75 Å². The van der Waals surface area contributed by atoms with Gasteiger partial charge in [-0.15, -0.1) is 11.3 Å². The Balaban J connectivity index is 2.00. The monoisotopic (exact) mass is 306 g/mol. The van der Waals surface area contributed by atoms with Crippen molar-refractivity contribution in [2.45, 2.75) is 13.3 Å². The Morgan fingerprint density at radius 2 is 2.24 bits per heavy atom. The van der Waals surface area contributed by atoms with Crippen LogP contribution in [0.4, 0.5) is 4.39 Å². The summed E-state index contributed by atoms with van der Waals surface area (Å²) in [5.74, 6) is -0.492. The second-order valence-electron chi connectivity index (χ2n) is 4.34. The van der Waals surface area contributed by atoms with Crippen LogP contribution in [-0.4, -0.2) is 18.7 Å². The number of ether oxygens (including phenoxy) is 1. The van der Waals surface area contributed by atoms with Crippen molar-refractivity contribution in [2.24, 2.45) is 5.10 Å². The summed E-state index contributed by atoms with van der Waals surface area (Å²) in [5, 5.41) is 5.90. The van der Waals surface area contributed by atoms with E-state index < -0.39 is 5.82 Å². The fraction of sp³-hybridized carbons (Fsp3) is 0.200. The number of nitrogens with zero attached hydrogens (tertiary/aromatic N) is 1. The molecule has 0 radical (unpaired) electrons. The third-order valence-electron chi connectivity index (χ3n) is 2.83. The summed E-state index contributed by atoms with van der Waals surface area (Å²) in [7, 11) is 1.41. The van der Waals surface area contributed by atoms with E-state index in [9.17, 15) is 9.18 Å². The smallest absolute Gasteiger partial charge is 0.245 e. The third kappa shape index (κ3) is 4.13. The summed E-state index contributed by atoms with van der Waals surface area (Å²) < 4.78 is 18.4. The molecule has 1 N–H and O–H groups in total. The van der Waals surface area contributed by atoms with Crippen molar-refractivity contribution < 1.29 is 13.9 Å². The lowest BCUT2D eigenvalue weighted by Gasteiger charge is -2.05. The Hall–Kier alpha value is -2.21. The van der Waals surface area contributed by atoms with Crippen LogP contribution in [0.25, 0.3) is 0 Å². The van der Waals surface area contributed by atoms with Crippen molar-refractivity contribution in [1.82, 2.24) is 5.43 Å². The van der Waals surface area contributed by atoms with Crippen molar-refractivity contribution in [1.29, 1.82) is 0 Å². The van der Waals surface area contributed by atoms with Gasteiger partial charge in [-0.05, 0) is 36.6 Å². The molecule has 2 aromatic rings. The van der Waals surface area contributed by atoms with Gasteiger partial charge in [0.05, 0.1) is 19.2 Å². The van der Waals surface area contributed by atoms with Gasteiger partial charge in [0.1, 0.15) is 0 Å².